The summed E-state index contributed by atoms with van der Waals surface area (Å²) < 4.78 is 0. The maximum atomic E-state index is 10.9. The van der Waals surface area contributed by atoms with E-state index in [1.807, 2.05) is 12.1 Å². The van der Waals surface area contributed by atoms with E-state index in [0.717, 1.165) is 5.56 Å². The van der Waals surface area contributed by atoms with Gasteiger partial charge in [0.05, 0.1) is 6.04 Å². The molecule has 1 fully saturated rings. The van der Waals surface area contributed by atoms with Crippen LogP contribution in [0.5, 0.6) is 0 Å². The highest BCUT2D eigenvalue weighted by Crippen LogP contribution is 2.19. The molecule has 0 aromatic heterocycles. The van der Waals surface area contributed by atoms with Gasteiger partial charge in [-0.1, -0.05) is 29.8 Å². The van der Waals surface area contributed by atoms with Gasteiger partial charge in [0, 0.05) is 6.42 Å². The van der Waals surface area contributed by atoms with Crippen molar-refractivity contribution < 1.29 is 4.79 Å². The number of hydrogen-bond donors (Lipinski definition) is 2. The molecule has 1 saturated heterocycles. The Morgan fingerprint density at radius 1 is 1.31 bits per heavy atom. The highest BCUT2D eigenvalue weighted by Gasteiger charge is 2.21. The largest absolute Gasteiger partial charge is 0.291 e. The maximum absolute atomic E-state index is 10.9. The Morgan fingerprint density at radius 2 is 2.00 bits per heavy atom. The van der Waals surface area contributed by atoms with Gasteiger partial charge in [-0.3, -0.25) is 10.2 Å². The summed E-state index contributed by atoms with van der Waals surface area (Å²) in [5.41, 5.74) is 7.93. The third-order valence-electron chi connectivity index (χ3n) is 2.26. The molecule has 1 amide bonds. The van der Waals surface area contributed by atoms with Crippen molar-refractivity contribution in [1.29, 1.82) is 0 Å². The zero-order chi connectivity index (χ0) is 9.26. The molecule has 1 atom stereocenters. The molecule has 0 spiro atoms. The number of carbonyl (C=O) groups is 1. The number of rotatable bonds is 1. The van der Waals surface area contributed by atoms with E-state index in [1.165, 1.54) is 5.56 Å². The van der Waals surface area contributed by atoms with Crippen molar-refractivity contribution >= 4 is 5.91 Å². The molecule has 1 aliphatic heterocycles. The molecule has 0 saturated carbocycles. The third-order valence-corrected chi connectivity index (χ3v) is 2.26. The lowest BCUT2D eigenvalue weighted by Crippen LogP contribution is -2.27. The minimum Gasteiger partial charge on any atom is -0.291 e. The summed E-state index contributed by atoms with van der Waals surface area (Å²) >= 11 is 0. The van der Waals surface area contributed by atoms with Crippen LogP contribution in [0.4, 0.5) is 0 Å². The molecule has 13 heavy (non-hydrogen) atoms. The summed E-state index contributed by atoms with van der Waals surface area (Å²) in [7, 11) is 0. The number of aryl methyl sites for hydroxylation is 1. The van der Waals surface area contributed by atoms with Crippen molar-refractivity contribution in [3.05, 3.63) is 35.4 Å². The second-order valence-corrected chi connectivity index (χ2v) is 3.36. The number of hydrogen-bond acceptors (Lipinski definition) is 2. The van der Waals surface area contributed by atoms with Crippen LogP contribution in [-0.2, 0) is 4.79 Å². The molecule has 0 aliphatic carbocycles. The lowest BCUT2D eigenvalue weighted by molar-refractivity contribution is -0.119. The number of nitrogens with one attached hydrogen (secondary N) is 2. The molecule has 0 radical (unpaired) electrons. The van der Waals surface area contributed by atoms with Gasteiger partial charge in [0.2, 0.25) is 5.91 Å². The Bertz CT molecular complexity index is 318. The van der Waals surface area contributed by atoms with Crippen LogP contribution in [0.3, 0.4) is 0 Å². The van der Waals surface area contributed by atoms with E-state index in [4.69, 9.17) is 0 Å². The van der Waals surface area contributed by atoms with Crippen LogP contribution >= 0.6 is 0 Å². The lowest BCUT2D eigenvalue weighted by Gasteiger charge is -2.08. The van der Waals surface area contributed by atoms with Crippen molar-refractivity contribution in [2.24, 2.45) is 0 Å². The number of carbonyl (C=O) groups excluding carboxylic acids is 1. The highest BCUT2D eigenvalue weighted by molar-refractivity contribution is 5.78. The predicted octanol–water partition coefficient (Wildman–Crippen LogP) is 1.06. The van der Waals surface area contributed by atoms with Crippen LogP contribution in [-0.4, -0.2) is 5.91 Å². The first-order chi connectivity index (χ1) is 6.25. The molecule has 1 aromatic carbocycles. The average Bonchev–Trinajstić information content (AvgIpc) is 2.53. The Morgan fingerprint density at radius 3 is 2.54 bits per heavy atom. The van der Waals surface area contributed by atoms with E-state index < -0.39 is 0 Å². The van der Waals surface area contributed by atoms with Crippen molar-refractivity contribution in [3.63, 3.8) is 0 Å². The lowest BCUT2D eigenvalue weighted by atomic mass is 10.0. The van der Waals surface area contributed by atoms with E-state index >= 15 is 0 Å². The molecule has 2 N–H and O–H groups in total. The fourth-order valence-corrected chi connectivity index (χ4v) is 1.46. The summed E-state index contributed by atoms with van der Waals surface area (Å²) in [4.78, 5) is 10.9. The SMILES string of the molecule is Cc1ccc(C2CC(=O)NN2)cc1. The minimum atomic E-state index is 0.0607. The minimum absolute atomic E-state index is 0.0607. The quantitative estimate of drug-likeness (QED) is 0.671. The summed E-state index contributed by atoms with van der Waals surface area (Å²) in [6.07, 6.45) is 0.531. The first kappa shape index (κ1) is 8.26. The second-order valence-electron chi connectivity index (χ2n) is 3.36. The van der Waals surface area contributed by atoms with E-state index in [2.05, 4.69) is 29.9 Å². The Hall–Kier alpha value is -1.35. The molecule has 2 rings (SSSR count). The fourth-order valence-electron chi connectivity index (χ4n) is 1.46. The first-order valence-corrected chi connectivity index (χ1v) is 4.36. The average molecular weight is 176 g/mol. The van der Waals surface area contributed by atoms with E-state index in [9.17, 15) is 4.79 Å². The zero-order valence-electron chi connectivity index (χ0n) is 7.50. The molecular formula is C10H12N2O. The second kappa shape index (κ2) is 3.18. The summed E-state index contributed by atoms with van der Waals surface area (Å²) in [6.45, 7) is 2.05. The molecular weight excluding hydrogens is 164 g/mol. The van der Waals surface area contributed by atoms with Gasteiger partial charge in [-0.05, 0) is 12.5 Å². The van der Waals surface area contributed by atoms with Gasteiger partial charge in [0.15, 0.2) is 0 Å². The van der Waals surface area contributed by atoms with Crippen LogP contribution in [0, 0.1) is 6.92 Å². The predicted molar refractivity (Wildman–Crippen MR) is 49.8 cm³/mol. The summed E-state index contributed by atoms with van der Waals surface area (Å²) in [6, 6.07) is 8.34. The standard InChI is InChI=1S/C10H12N2O/c1-7-2-4-8(5-3-7)9-6-10(13)12-11-9/h2-5,9,11H,6H2,1H3,(H,12,13). The van der Waals surface area contributed by atoms with Crippen LogP contribution in [0.1, 0.15) is 23.6 Å². The van der Waals surface area contributed by atoms with Crippen LogP contribution in [0.25, 0.3) is 0 Å². The Kier molecular flexibility index (Phi) is 2.02. The molecule has 68 valence electrons. The van der Waals surface area contributed by atoms with Crippen LogP contribution in [0.15, 0.2) is 24.3 Å². The number of amides is 1. The fraction of sp³-hybridized carbons (Fsp3) is 0.300. The maximum Gasteiger partial charge on any atom is 0.236 e. The van der Waals surface area contributed by atoms with Gasteiger partial charge in [-0.25, -0.2) is 5.43 Å². The Labute approximate surface area is 77.1 Å². The topological polar surface area (TPSA) is 41.1 Å². The summed E-state index contributed by atoms with van der Waals surface area (Å²) in [5.74, 6) is 0.0607. The van der Waals surface area contributed by atoms with Crippen molar-refractivity contribution in [2.75, 3.05) is 0 Å². The Balaban J connectivity index is 2.17. The van der Waals surface area contributed by atoms with Gasteiger partial charge < -0.3 is 0 Å². The van der Waals surface area contributed by atoms with Gasteiger partial charge in [-0.2, -0.15) is 0 Å². The molecule has 3 heteroatoms. The van der Waals surface area contributed by atoms with Gasteiger partial charge >= 0.3 is 0 Å². The molecule has 0 bridgehead atoms. The zero-order valence-corrected chi connectivity index (χ0v) is 7.50. The van der Waals surface area contributed by atoms with E-state index in [-0.39, 0.29) is 11.9 Å². The molecule has 1 aromatic rings. The molecule has 1 heterocycles. The monoisotopic (exact) mass is 176 g/mol. The third kappa shape index (κ3) is 1.70. The normalized spacial score (nSPS) is 21.6. The van der Waals surface area contributed by atoms with Gasteiger partial charge in [0.25, 0.3) is 0 Å². The first-order valence-electron chi connectivity index (χ1n) is 4.36. The van der Waals surface area contributed by atoms with Crippen LogP contribution in [0.2, 0.25) is 0 Å². The van der Waals surface area contributed by atoms with Gasteiger partial charge in [0.1, 0.15) is 0 Å². The molecule has 1 aliphatic rings. The van der Waals surface area contributed by atoms with E-state index in [0.29, 0.717) is 6.42 Å². The summed E-state index contributed by atoms with van der Waals surface area (Å²) in [5, 5.41) is 0. The highest BCUT2D eigenvalue weighted by atomic mass is 16.2. The van der Waals surface area contributed by atoms with E-state index in [1.54, 1.807) is 0 Å². The number of hydrazine groups is 1. The van der Waals surface area contributed by atoms with Gasteiger partial charge in [-0.15, -0.1) is 0 Å². The van der Waals surface area contributed by atoms with Crippen molar-refractivity contribution in [3.8, 4) is 0 Å². The molecule has 1 unspecified atom stereocenters. The van der Waals surface area contributed by atoms with Crippen LogP contribution < -0.4 is 10.9 Å². The number of benzene rings is 1. The van der Waals surface area contributed by atoms with Crippen molar-refractivity contribution in [1.82, 2.24) is 10.9 Å². The smallest absolute Gasteiger partial charge is 0.236 e. The molecule has 3 nitrogen and oxygen atoms in total. The van der Waals surface area contributed by atoms with Crippen molar-refractivity contribution in [2.45, 2.75) is 19.4 Å².